The Balaban J connectivity index is 1.84. The fourth-order valence-electron chi connectivity index (χ4n) is 2.50. The second-order valence-corrected chi connectivity index (χ2v) is 9.03. The van der Waals surface area contributed by atoms with Crippen molar-refractivity contribution in [3.05, 3.63) is 29.8 Å². The zero-order valence-electron chi connectivity index (χ0n) is 21.3. The predicted molar refractivity (Wildman–Crippen MR) is 136 cm³/mol. The lowest BCUT2D eigenvalue weighted by molar-refractivity contribution is -0.0172. The number of benzene rings is 1. The molecule has 0 aliphatic carbocycles. The van der Waals surface area contributed by atoms with Gasteiger partial charge in [0.15, 0.2) is 0 Å². The van der Waals surface area contributed by atoms with E-state index in [9.17, 15) is 4.79 Å². The topological polar surface area (TPSA) is 90.9 Å². The first-order valence-corrected chi connectivity index (χ1v) is 13.0. The Bertz CT molecular complexity index is 635. The van der Waals surface area contributed by atoms with Gasteiger partial charge < -0.3 is 37.9 Å². The molecule has 0 bridgehead atoms. The molecule has 202 valence electrons. The minimum atomic E-state index is -0.520. The van der Waals surface area contributed by atoms with Crippen molar-refractivity contribution in [2.45, 2.75) is 26.4 Å². The molecule has 0 amide bonds. The minimum Gasteiger partial charge on any atom is -0.491 e. The van der Waals surface area contributed by atoms with Crippen molar-refractivity contribution in [1.82, 2.24) is 0 Å². The molecule has 0 N–H and O–H groups in total. The van der Waals surface area contributed by atoms with Crippen LogP contribution in [0.4, 0.5) is 0 Å². The number of carbonyl (C=O) groups excluding carboxylic acids is 1. The molecule has 1 aromatic rings. The van der Waals surface area contributed by atoms with Gasteiger partial charge in [-0.25, -0.2) is 4.79 Å². The second-order valence-electron chi connectivity index (χ2n) is 8.24. The molecule has 0 saturated carbocycles. The van der Waals surface area contributed by atoms with Crippen molar-refractivity contribution in [3.8, 4) is 5.75 Å². The Hall–Kier alpha value is -1.27. The first kappa shape index (κ1) is 31.8. The predicted octanol–water partition coefficient (Wildman–Crippen LogP) is 3.52. The van der Waals surface area contributed by atoms with Crippen molar-refractivity contribution in [2.24, 2.45) is 0 Å². The molecule has 0 atom stereocenters. The summed E-state index contributed by atoms with van der Waals surface area (Å²) in [5.41, 5.74) is -0.0291. The highest BCUT2D eigenvalue weighted by molar-refractivity contribution is 9.09. The molecular weight excluding hydrogens is 524 g/mol. The lowest BCUT2D eigenvalue weighted by Gasteiger charge is -2.19. The van der Waals surface area contributed by atoms with Crippen LogP contribution >= 0.6 is 15.9 Å². The van der Waals surface area contributed by atoms with Crippen molar-refractivity contribution in [3.63, 3.8) is 0 Å². The Morgan fingerprint density at radius 1 is 0.629 bits per heavy atom. The third-order valence-electron chi connectivity index (χ3n) is 4.07. The number of carbonyl (C=O) groups is 1. The zero-order chi connectivity index (χ0) is 25.6. The highest BCUT2D eigenvalue weighted by atomic mass is 79.9. The Kier molecular flexibility index (Phi) is 18.9. The molecule has 0 aliphatic rings. The van der Waals surface area contributed by atoms with Gasteiger partial charge in [-0.3, -0.25) is 0 Å². The van der Waals surface area contributed by atoms with Gasteiger partial charge in [0.2, 0.25) is 0 Å². The molecule has 1 rings (SSSR count). The van der Waals surface area contributed by atoms with Crippen molar-refractivity contribution < 1.29 is 42.7 Å². The van der Waals surface area contributed by atoms with Gasteiger partial charge in [0.25, 0.3) is 0 Å². The van der Waals surface area contributed by atoms with Crippen LogP contribution in [0.2, 0.25) is 0 Å². The minimum absolute atomic E-state index is 0.352. The summed E-state index contributed by atoms with van der Waals surface area (Å²) < 4.78 is 43.4. The molecular formula is C25H41BrO9. The first-order chi connectivity index (χ1) is 16.9. The van der Waals surface area contributed by atoms with Gasteiger partial charge in [-0.2, -0.15) is 0 Å². The van der Waals surface area contributed by atoms with E-state index in [4.69, 9.17) is 37.9 Å². The van der Waals surface area contributed by atoms with Crippen LogP contribution in [0, 0.1) is 0 Å². The third kappa shape index (κ3) is 19.6. The number of alkyl halides is 1. The average Bonchev–Trinajstić information content (AvgIpc) is 2.82. The summed E-state index contributed by atoms with van der Waals surface area (Å²) in [7, 11) is 0. The molecule has 9 nitrogen and oxygen atoms in total. The first-order valence-electron chi connectivity index (χ1n) is 11.9. The largest absolute Gasteiger partial charge is 0.491 e. The fraction of sp³-hybridized carbons (Fsp3) is 0.720. The maximum Gasteiger partial charge on any atom is 0.338 e. The molecule has 0 aliphatic heterocycles. The number of halogens is 1. The highest BCUT2D eigenvalue weighted by Crippen LogP contribution is 2.16. The van der Waals surface area contributed by atoms with Crippen LogP contribution < -0.4 is 4.74 Å². The van der Waals surface area contributed by atoms with E-state index in [2.05, 4.69) is 15.9 Å². The summed E-state index contributed by atoms with van der Waals surface area (Å²) in [5, 5.41) is 0.835. The third-order valence-corrected chi connectivity index (χ3v) is 4.39. The van der Waals surface area contributed by atoms with Gasteiger partial charge in [0.1, 0.15) is 18.0 Å². The zero-order valence-corrected chi connectivity index (χ0v) is 22.8. The van der Waals surface area contributed by atoms with E-state index in [1.807, 2.05) is 20.8 Å². The fourth-order valence-corrected chi connectivity index (χ4v) is 2.73. The summed E-state index contributed by atoms with van der Waals surface area (Å²) in [4.78, 5) is 12.0. The molecule has 0 spiro atoms. The van der Waals surface area contributed by atoms with Gasteiger partial charge in [-0.1, -0.05) is 15.9 Å². The summed E-state index contributed by atoms with van der Waals surface area (Å²) >= 11 is 3.29. The average molecular weight is 565 g/mol. The molecule has 0 unspecified atom stereocenters. The van der Waals surface area contributed by atoms with Crippen LogP contribution in [-0.4, -0.2) is 103 Å². The lowest BCUT2D eigenvalue weighted by atomic mass is 10.1. The van der Waals surface area contributed by atoms with Crippen LogP contribution in [0.5, 0.6) is 5.75 Å². The van der Waals surface area contributed by atoms with E-state index in [1.54, 1.807) is 24.3 Å². The molecule has 1 aromatic carbocycles. The Morgan fingerprint density at radius 2 is 1.00 bits per heavy atom. The second kappa shape index (κ2) is 20.9. The number of hydrogen-bond acceptors (Lipinski definition) is 9. The monoisotopic (exact) mass is 564 g/mol. The molecule has 10 heteroatoms. The van der Waals surface area contributed by atoms with E-state index >= 15 is 0 Å². The standard InChI is InChI=1S/C25H41BrO9/c1-25(2,3)35-24(27)22-4-6-23(7-5-22)34-21-20-33-19-18-32-17-16-31-15-14-30-13-12-29-11-10-28-9-8-26/h4-7H,8-21H2,1-3H3. The van der Waals surface area contributed by atoms with E-state index < -0.39 is 5.60 Å². The van der Waals surface area contributed by atoms with Gasteiger partial charge in [-0.15, -0.1) is 0 Å². The number of esters is 1. The molecule has 35 heavy (non-hydrogen) atoms. The van der Waals surface area contributed by atoms with E-state index in [1.165, 1.54) is 0 Å². The van der Waals surface area contributed by atoms with Crippen molar-refractivity contribution in [1.29, 1.82) is 0 Å². The lowest BCUT2D eigenvalue weighted by Crippen LogP contribution is -2.23. The van der Waals surface area contributed by atoms with Gasteiger partial charge >= 0.3 is 5.97 Å². The Labute approximate surface area is 217 Å². The summed E-state index contributed by atoms with van der Waals surface area (Å²) in [5.74, 6) is 0.316. The smallest absolute Gasteiger partial charge is 0.338 e. The molecule has 0 fully saturated rings. The van der Waals surface area contributed by atoms with Gasteiger partial charge in [0, 0.05) is 5.33 Å². The van der Waals surface area contributed by atoms with Gasteiger partial charge in [-0.05, 0) is 45.0 Å². The van der Waals surface area contributed by atoms with Crippen LogP contribution in [-0.2, 0) is 33.2 Å². The summed E-state index contributed by atoms with van der Waals surface area (Å²) in [6, 6.07) is 6.85. The van der Waals surface area contributed by atoms with E-state index in [-0.39, 0.29) is 5.97 Å². The van der Waals surface area contributed by atoms with E-state index in [0.717, 1.165) is 5.33 Å². The van der Waals surface area contributed by atoms with Crippen LogP contribution in [0.15, 0.2) is 24.3 Å². The molecule has 0 heterocycles. The Morgan fingerprint density at radius 3 is 1.37 bits per heavy atom. The van der Waals surface area contributed by atoms with Gasteiger partial charge in [0.05, 0.1) is 84.8 Å². The molecule has 0 saturated heterocycles. The molecule has 0 radical (unpaired) electrons. The van der Waals surface area contributed by atoms with E-state index in [0.29, 0.717) is 97.2 Å². The quantitative estimate of drug-likeness (QED) is 0.119. The normalized spacial score (nSPS) is 11.5. The maximum absolute atomic E-state index is 12.0. The number of ether oxygens (including phenoxy) is 8. The van der Waals surface area contributed by atoms with Crippen molar-refractivity contribution in [2.75, 3.05) is 91.2 Å². The highest BCUT2D eigenvalue weighted by Gasteiger charge is 2.17. The van der Waals surface area contributed by atoms with Crippen LogP contribution in [0.1, 0.15) is 31.1 Å². The number of hydrogen-bond donors (Lipinski definition) is 0. The molecule has 0 aromatic heterocycles. The van der Waals surface area contributed by atoms with Crippen molar-refractivity contribution >= 4 is 21.9 Å². The SMILES string of the molecule is CC(C)(C)OC(=O)c1ccc(OCCOCCOCCOCCOCCOCCOCCBr)cc1. The maximum atomic E-state index is 12.0. The summed E-state index contributed by atoms with van der Waals surface area (Å²) in [6.45, 7) is 12.3. The van der Waals surface area contributed by atoms with Crippen LogP contribution in [0.25, 0.3) is 0 Å². The summed E-state index contributed by atoms with van der Waals surface area (Å²) in [6.07, 6.45) is 0. The number of rotatable bonds is 22. The van der Waals surface area contributed by atoms with Crippen LogP contribution in [0.3, 0.4) is 0 Å².